The topological polar surface area (TPSA) is 81.2 Å². The highest BCUT2D eigenvalue weighted by Crippen LogP contribution is 2.28. The summed E-state index contributed by atoms with van der Waals surface area (Å²) in [6, 6.07) is 0. The second-order valence-electron chi connectivity index (χ2n) is 4.97. The first-order valence-electron chi connectivity index (χ1n) is 5.97. The van der Waals surface area contributed by atoms with Crippen LogP contribution < -0.4 is 11.1 Å². The maximum Gasteiger partial charge on any atom is 0.224 e. The minimum atomic E-state index is -0.172. The number of aromatic nitrogens is 1. The van der Waals surface area contributed by atoms with E-state index in [1.807, 2.05) is 13.8 Å². The smallest absolute Gasteiger partial charge is 0.224 e. The summed E-state index contributed by atoms with van der Waals surface area (Å²) >= 11 is 0. The molecule has 0 radical (unpaired) electrons. The van der Waals surface area contributed by atoms with E-state index in [1.54, 1.807) is 0 Å². The lowest BCUT2D eigenvalue weighted by atomic mass is 9.78. The van der Waals surface area contributed by atoms with Gasteiger partial charge >= 0.3 is 0 Å². The standard InChI is InChI=1S/C12H19N3O2/c1-8-10(9(2)17-15-8)6-11(16)14-7-12(13)4-3-5-12/h3-7,13H2,1-2H3,(H,14,16). The fourth-order valence-electron chi connectivity index (χ4n) is 2.06. The van der Waals surface area contributed by atoms with Crippen LogP contribution in [0.1, 0.15) is 36.3 Å². The molecule has 1 aliphatic rings. The summed E-state index contributed by atoms with van der Waals surface area (Å²) < 4.78 is 5.02. The number of aryl methyl sites for hydroxylation is 2. The average molecular weight is 237 g/mol. The van der Waals surface area contributed by atoms with Gasteiger partial charge in [-0.05, 0) is 33.1 Å². The number of hydrogen-bond acceptors (Lipinski definition) is 4. The first-order valence-corrected chi connectivity index (χ1v) is 5.97. The lowest BCUT2D eigenvalue weighted by molar-refractivity contribution is -0.120. The molecule has 0 aliphatic heterocycles. The zero-order valence-electron chi connectivity index (χ0n) is 10.4. The van der Waals surface area contributed by atoms with Crippen LogP contribution in [0, 0.1) is 13.8 Å². The van der Waals surface area contributed by atoms with Gasteiger partial charge in [0, 0.05) is 17.6 Å². The van der Waals surface area contributed by atoms with Crippen molar-refractivity contribution < 1.29 is 9.32 Å². The second kappa shape index (κ2) is 4.49. The Hall–Kier alpha value is -1.36. The Morgan fingerprint density at radius 3 is 2.71 bits per heavy atom. The van der Waals surface area contributed by atoms with Crippen molar-refractivity contribution in [2.75, 3.05) is 6.54 Å². The van der Waals surface area contributed by atoms with Crippen LogP contribution in [-0.4, -0.2) is 23.1 Å². The Morgan fingerprint density at radius 1 is 1.53 bits per heavy atom. The van der Waals surface area contributed by atoms with Gasteiger partial charge in [-0.15, -0.1) is 0 Å². The van der Waals surface area contributed by atoms with E-state index in [1.165, 1.54) is 0 Å². The summed E-state index contributed by atoms with van der Waals surface area (Å²) in [6.07, 6.45) is 3.48. The van der Waals surface area contributed by atoms with Crippen molar-refractivity contribution in [2.24, 2.45) is 5.73 Å². The van der Waals surface area contributed by atoms with Gasteiger partial charge in [0.25, 0.3) is 0 Å². The Bertz CT molecular complexity index is 402. The number of nitrogens with one attached hydrogen (secondary N) is 1. The molecular formula is C12H19N3O2. The van der Waals surface area contributed by atoms with E-state index in [0.29, 0.717) is 18.7 Å². The van der Waals surface area contributed by atoms with E-state index >= 15 is 0 Å². The number of hydrogen-bond donors (Lipinski definition) is 2. The predicted octanol–water partition coefficient (Wildman–Crippen LogP) is 0.832. The number of carbonyl (C=O) groups excluding carboxylic acids is 1. The first kappa shape index (κ1) is 12.1. The zero-order valence-corrected chi connectivity index (χ0v) is 10.4. The van der Waals surface area contributed by atoms with Crippen LogP contribution >= 0.6 is 0 Å². The quantitative estimate of drug-likeness (QED) is 0.812. The highest BCUT2D eigenvalue weighted by atomic mass is 16.5. The van der Waals surface area contributed by atoms with Crippen LogP contribution in [0.2, 0.25) is 0 Å². The van der Waals surface area contributed by atoms with Crippen molar-refractivity contribution in [1.29, 1.82) is 0 Å². The van der Waals surface area contributed by atoms with E-state index < -0.39 is 0 Å². The van der Waals surface area contributed by atoms with Crippen molar-refractivity contribution in [3.63, 3.8) is 0 Å². The molecule has 0 bridgehead atoms. The van der Waals surface area contributed by atoms with Crippen molar-refractivity contribution in [1.82, 2.24) is 10.5 Å². The van der Waals surface area contributed by atoms with Crippen LogP contribution in [0.5, 0.6) is 0 Å². The van der Waals surface area contributed by atoms with Gasteiger partial charge in [0.05, 0.1) is 12.1 Å². The molecule has 1 amide bonds. The van der Waals surface area contributed by atoms with Crippen molar-refractivity contribution >= 4 is 5.91 Å². The largest absolute Gasteiger partial charge is 0.361 e. The number of nitrogens with zero attached hydrogens (tertiary/aromatic N) is 1. The molecule has 3 N–H and O–H groups in total. The summed E-state index contributed by atoms with van der Waals surface area (Å²) in [5, 5.41) is 6.71. The maximum atomic E-state index is 11.8. The Kier molecular flexibility index (Phi) is 3.19. The average Bonchev–Trinajstić information content (AvgIpc) is 2.55. The molecule has 0 unspecified atom stereocenters. The predicted molar refractivity (Wildman–Crippen MR) is 63.5 cm³/mol. The molecule has 0 aromatic carbocycles. The monoisotopic (exact) mass is 237 g/mol. The fraction of sp³-hybridized carbons (Fsp3) is 0.667. The van der Waals surface area contributed by atoms with Gasteiger partial charge in [-0.1, -0.05) is 5.16 Å². The summed E-state index contributed by atoms with van der Waals surface area (Å²) in [7, 11) is 0. The van der Waals surface area contributed by atoms with Gasteiger partial charge in [0.2, 0.25) is 5.91 Å². The highest BCUT2D eigenvalue weighted by molar-refractivity contribution is 5.79. The van der Waals surface area contributed by atoms with E-state index in [4.69, 9.17) is 10.3 Å². The van der Waals surface area contributed by atoms with E-state index in [0.717, 1.165) is 30.5 Å². The Balaban J connectivity index is 1.85. The second-order valence-corrected chi connectivity index (χ2v) is 4.97. The van der Waals surface area contributed by atoms with Gasteiger partial charge in [-0.25, -0.2) is 0 Å². The molecule has 1 heterocycles. The molecular weight excluding hydrogens is 218 g/mol. The lowest BCUT2D eigenvalue weighted by Crippen LogP contribution is -2.55. The number of rotatable bonds is 4. The van der Waals surface area contributed by atoms with Gasteiger partial charge < -0.3 is 15.6 Å². The molecule has 5 heteroatoms. The first-order chi connectivity index (χ1) is 8.00. The Morgan fingerprint density at radius 2 is 2.24 bits per heavy atom. The third-order valence-electron chi connectivity index (χ3n) is 3.51. The van der Waals surface area contributed by atoms with Crippen molar-refractivity contribution in [3.8, 4) is 0 Å². The van der Waals surface area contributed by atoms with E-state index in [9.17, 15) is 4.79 Å². The molecule has 94 valence electrons. The van der Waals surface area contributed by atoms with Crippen molar-refractivity contribution in [2.45, 2.75) is 45.1 Å². The van der Waals surface area contributed by atoms with Crippen LogP contribution in [0.15, 0.2) is 4.52 Å². The number of carbonyl (C=O) groups is 1. The molecule has 0 spiro atoms. The van der Waals surface area contributed by atoms with Gasteiger partial charge in [0.1, 0.15) is 5.76 Å². The molecule has 1 aliphatic carbocycles. The molecule has 1 aromatic heterocycles. The summed E-state index contributed by atoms with van der Waals surface area (Å²) in [4.78, 5) is 11.8. The van der Waals surface area contributed by atoms with Gasteiger partial charge in [0.15, 0.2) is 0 Å². The van der Waals surface area contributed by atoms with Crippen molar-refractivity contribution in [3.05, 3.63) is 17.0 Å². The minimum absolute atomic E-state index is 0.0175. The number of amides is 1. The molecule has 1 fully saturated rings. The summed E-state index contributed by atoms with van der Waals surface area (Å²) in [6.45, 7) is 4.23. The van der Waals surface area contributed by atoms with Crippen LogP contribution in [0.25, 0.3) is 0 Å². The molecule has 0 saturated heterocycles. The number of nitrogens with two attached hydrogens (primary N) is 1. The highest BCUT2D eigenvalue weighted by Gasteiger charge is 2.32. The van der Waals surface area contributed by atoms with E-state index in [2.05, 4.69) is 10.5 Å². The summed E-state index contributed by atoms with van der Waals surface area (Å²) in [5.74, 6) is 0.694. The normalized spacial score (nSPS) is 17.6. The molecule has 1 aromatic rings. The molecule has 17 heavy (non-hydrogen) atoms. The van der Waals surface area contributed by atoms with Gasteiger partial charge in [-0.2, -0.15) is 0 Å². The van der Waals surface area contributed by atoms with E-state index in [-0.39, 0.29) is 11.4 Å². The molecule has 5 nitrogen and oxygen atoms in total. The SMILES string of the molecule is Cc1noc(C)c1CC(=O)NCC1(N)CCC1. The fourth-order valence-corrected chi connectivity index (χ4v) is 2.06. The molecule has 2 rings (SSSR count). The summed E-state index contributed by atoms with van der Waals surface area (Å²) in [5.41, 5.74) is 7.52. The van der Waals surface area contributed by atoms with Crippen LogP contribution in [-0.2, 0) is 11.2 Å². The maximum absolute atomic E-state index is 11.8. The van der Waals surface area contributed by atoms with Crippen LogP contribution in [0.3, 0.4) is 0 Å². The third-order valence-corrected chi connectivity index (χ3v) is 3.51. The van der Waals surface area contributed by atoms with Gasteiger partial charge in [-0.3, -0.25) is 4.79 Å². The minimum Gasteiger partial charge on any atom is -0.361 e. The molecule has 1 saturated carbocycles. The Labute approximate surface area is 101 Å². The lowest BCUT2D eigenvalue weighted by Gasteiger charge is -2.38. The third kappa shape index (κ3) is 2.66. The zero-order chi connectivity index (χ0) is 12.5. The molecule has 0 atom stereocenters. The van der Waals surface area contributed by atoms with Crippen LogP contribution in [0.4, 0.5) is 0 Å².